The van der Waals surface area contributed by atoms with E-state index >= 15 is 0 Å². The van der Waals surface area contributed by atoms with E-state index in [-0.39, 0.29) is 5.92 Å². The van der Waals surface area contributed by atoms with Gasteiger partial charge in [-0.05, 0) is 56.4 Å². The van der Waals surface area contributed by atoms with Crippen LogP contribution in [0.4, 0.5) is 0 Å². The molecule has 2 fully saturated rings. The number of allylic oxidation sites excluding steroid dienone is 2. The second-order valence-electron chi connectivity index (χ2n) is 6.94. The third kappa shape index (κ3) is 3.23. The molecule has 0 spiro atoms. The topological polar surface area (TPSA) is 65.0 Å². The average molecular weight is 324 g/mol. The highest BCUT2D eigenvalue weighted by Crippen LogP contribution is 2.52. The number of carbonyl (C=O) groups is 1. The summed E-state index contributed by atoms with van der Waals surface area (Å²) in [6.45, 7) is 12.0. The lowest BCUT2D eigenvalue weighted by Crippen LogP contribution is -2.47. The SMILES string of the molecule is C=C.CC1=C(C=O)O[C@@H]2O[C@](C)(OO)CC[C@@H]3C2[C@H]1CC[C@H]3C. The van der Waals surface area contributed by atoms with E-state index in [9.17, 15) is 10.1 Å². The quantitative estimate of drug-likeness (QED) is 0.361. The monoisotopic (exact) mass is 324 g/mol. The molecule has 1 saturated heterocycles. The van der Waals surface area contributed by atoms with Crippen molar-refractivity contribution in [2.75, 3.05) is 0 Å². The summed E-state index contributed by atoms with van der Waals surface area (Å²) in [6.07, 6.45) is 4.01. The van der Waals surface area contributed by atoms with Gasteiger partial charge in [0.15, 0.2) is 12.0 Å². The molecular weight excluding hydrogens is 296 g/mol. The third-order valence-electron chi connectivity index (χ3n) is 5.72. The first-order valence-electron chi connectivity index (χ1n) is 8.32. The lowest BCUT2D eigenvalue weighted by atomic mass is 9.63. The predicted molar refractivity (Wildman–Crippen MR) is 86.2 cm³/mol. The molecule has 130 valence electrons. The Balaban J connectivity index is 0.000000924. The molecule has 0 aromatic heterocycles. The number of rotatable bonds is 2. The van der Waals surface area contributed by atoms with Crippen molar-refractivity contribution in [1.82, 2.24) is 0 Å². The van der Waals surface area contributed by atoms with Gasteiger partial charge in [-0.2, -0.15) is 0 Å². The molecule has 2 heterocycles. The van der Waals surface area contributed by atoms with E-state index in [2.05, 4.69) is 25.0 Å². The van der Waals surface area contributed by atoms with Gasteiger partial charge >= 0.3 is 0 Å². The fraction of sp³-hybridized carbons (Fsp3) is 0.722. The molecule has 5 nitrogen and oxygen atoms in total. The Hall–Kier alpha value is -1.17. The maximum absolute atomic E-state index is 11.3. The Morgan fingerprint density at radius 3 is 2.65 bits per heavy atom. The van der Waals surface area contributed by atoms with E-state index < -0.39 is 12.1 Å². The molecule has 2 aliphatic heterocycles. The highest BCUT2D eigenvalue weighted by atomic mass is 17.1. The molecule has 0 aromatic rings. The van der Waals surface area contributed by atoms with Crippen LogP contribution in [0.15, 0.2) is 24.5 Å². The van der Waals surface area contributed by atoms with Crippen molar-refractivity contribution in [3.05, 3.63) is 24.5 Å². The smallest absolute Gasteiger partial charge is 0.206 e. The highest BCUT2D eigenvalue weighted by Gasteiger charge is 2.52. The van der Waals surface area contributed by atoms with Crippen molar-refractivity contribution in [3.8, 4) is 0 Å². The third-order valence-corrected chi connectivity index (χ3v) is 5.72. The molecule has 0 aromatic carbocycles. The van der Waals surface area contributed by atoms with Crippen molar-refractivity contribution in [1.29, 1.82) is 0 Å². The first-order valence-corrected chi connectivity index (χ1v) is 8.32. The zero-order valence-corrected chi connectivity index (χ0v) is 14.3. The minimum Gasteiger partial charge on any atom is -0.461 e. The van der Waals surface area contributed by atoms with Crippen LogP contribution in [-0.4, -0.2) is 23.6 Å². The lowest BCUT2D eigenvalue weighted by molar-refractivity contribution is -0.425. The van der Waals surface area contributed by atoms with Crippen LogP contribution >= 0.6 is 0 Å². The maximum Gasteiger partial charge on any atom is 0.206 e. The van der Waals surface area contributed by atoms with Gasteiger partial charge in [0.25, 0.3) is 0 Å². The van der Waals surface area contributed by atoms with Crippen molar-refractivity contribution >= 4 is 6.29 Å². The number of carbonyl (C=O) groups excluding carboxylic acids is 1. The van der Waals surface area contributed by atoms with E-state index in [0.717, 1.165) is 31.1 Å². The maximum atomic E-state index is 11.3. The Kier molecular flexibility index (Phi) is 5.65. The summed E-state index contributed by atoms with van der Waals surface area (Å²) in [5, 5.41) is 9.18. The predicted octanol–water partition coefficient (Wildman–Crippen LogP) is 3.91. The highest BCUT2D eigenvalue weighted by molar-refractivity contribution is 5.72. The molecule has 3 aliphatic rings. The molecule has 0 radical (unpaired) electrons. The van der Waals surface area contributed by atoms with Gasteiger partial charge in [-0.25, -0.2) is 10.1 Å². The molecule has 5 heteroatoms. The second kappa shape index (κ2) is 7.16. The zero-order valence-electron chi connectivity index (χ0n) is 14.3. The van der Waals surface area contributed by atoms with Gasteiger partial charge in [0, 0.05) is 12.3 Å². The normalized spacial score (nSPS) is 42.5. The van der Waals surface area contributed by atoms with Gasteiger partial charge in [0.2, 0.25) is 12.1 Å². The summed E-state index contributed by atoms with van der Waals surface area (Å²) < 4.78 is 11.7. The van der Waals surface area contributed by atoms with Crippen molar-refractivity contribution in [2.45, 2.75) is 58.5 Å². The molecule has 23 heavy (non-hydrogen) atoms. The van der Waals surface area contributed by atoms with Crippen molar-refractivity contribution in [2.24, 2.45) is 23.7 Å². The van der Waals surface area contributed by atoms with Crippen molar-refractivity contribution < 1.29 is 24.4 Å². The zero-order chi connectivity index (χ0) is 17.2. The number of hydrogen-bond donors (Lipinski definition) is 1. The van der Waals surface area contributed by atoms with E-state index in [0.29, 0.717) is 29.9 Å². The first-order chi connectivity index (χ1) is 11.0. The Bertz CT molecular complexity index is 474. The summed E-state index contributed by atoms with van der Waals surface area (Å²) >= 11 is 0. The first kappa shape index (κ1) is 18.2. The molecule has 1 N–H and O–H groups in total. The summed E-state index contributed by atoms with van der Waals surface area (Å²) in [6, 6.07) is 0. The number of aldehydes is 1. The second-order valence-corrected chi connectivity index (χ2v) is 6.94. The van der Waals surface area contributed by atoms with Gasteiger partial charge in [-0.15, -0.1) is 13.2 Å². The molecule has 3 rings (SSSR count). The molecule has 1 saturated carbocycles. The van der Waals surface area contributed by atoms with Crippen LogP contribution in [0.25, 0.3) is 0 Å². The van der Waals surface area contributed by atoms with Gasteiger partial charge in [-0.1, -0.05) is 6.92 Å². The Labute approximate surface area is 138 Å². The average Bonchev–Trinajstić information content (AvgIpc) is 2.72. The summed E-state index contributed by atoms with van der Waals surface area (Å²) in [5.74, 6) is 0.935. The molecule has 1 unspecified atom stereocenters. The fourth-order valence-corrected chi connectivity index (χ4v) is 4.40. The molecule has 0 bridgehead atoms. The van der Waals surface area contributed by atoms with Crippen LogP contribution in [0, 0.1) is 23.7 Å². The van der Waals surface area contributed by atoms with Gasteiger partial charge in [0.1, 0.15) is 0 Å². The molecular formula is C18H28O5. The molecule has 0 amide bonds. The standard InChI is InChI=1S/C16H24O5.C2H4/c1-9-4-5-12-10(2)13(8-17)19-15-14(12)11(9)6-7-16(3,20-15)21-18;1-2/h8-9,11-12,14-15,18H,4-7H2,1-3H3;1-2H2/t9-,11+,12+,14?,15-,16-;/m1./s1. The Morgan fingerprint density at radius 1 is 1.35 bits per heavy atom. The minimum absolute atomic E-state index is 0.231. The van der Waals surface area contributed by atoms with E-state index in [4.69, 9.17) is 9.47 Å². The van der Waals surface area contributed by atoms with Crippen LogP contribution in [0.2, 0.25) is 0 Å². The van der Waals surface area contributed by atoms with Gasteiger partial charge < -0.3 is 9.47 Å². The summed E-state index contributed by atoms with van der Waals surface area (Å²) in [5.41, 5.74) is 1.04. The van der Waals surface area contributed by atoms with Crippen LogP contribution in [0.1, 0.15) is 46.5 Å². The van der Waals surface area contributed by atoms with Crippen LogP contribution in [0.5, 0.6) is 0 Å². The minimum atomic E-state index is -1.06. The van der Waals surface area contributed by atoms with Crippen LogP contribution in [-0.2, 0) is 19.2 Å². The van der Waals surface area contributed by atoms with Crippen molar-refractivity contribution in [3.63, 3.8) is 0 Å². The van der Waals surface area contributed by atoms with E-state index in [1.165, 1.54) is 0 Å². The van der Waals surface area contributed by atoms with E-state index in [1.807, 2.05) is 6.92 Å². The van der Waals surface area contributed by atoms with Crippen LogP contribution in [0.3, 0.4) is 0 Å². The number of ether oxygens (including phenoxy) is 2. The lowest BCUT2D eigenvalue weighted by Gasteiger charge is -2.47. The van der Waals surface area contributed by atoms with Crippen LogP contribution < -0.4 is 0 Å². The molecule has 6 atom stereocenters. The summed E-state index contributed by atoms with van der Waals surface area (Å²) in [4.78, 5) is 15.8. The van der Waals surface area contributed by atoms with E-state index in [1.54, 1.807) is 6.92 Å². The largest absolute Gasteiger partial charge is 0.461 e. The van der Waals surface area contributed by atoms with Gasteiger partial charge in [-0.3, -0.25) is 4.79 Å². The summed E-state index contributed by atoms with van der Waals surface area (Å²) in [7, 11) is 0. The number of hydrogen-bond acceptors (Lipinski definition) is 5. The Morgan fingerprint density at radius 2 is 2.04 bits per heavy atom. The van der Waals surface area contributed by atoms with Gasteiger partial charge in [0.05, 0.1) is 0 Å². The molecule has 1 aliphatic carbocycles. The fourth-order valence-electron chi connectivity index (χ4n) is 4.40.